The van der Waals surface area contributed by atoms with Crippen LogP contribution in [0.1, 0.15) is 17.0 Å². The van der Waals surface area contributed by atoms with Gasteiger partial charge in [0.05, 0.1) is 11.0 Å². The molecule has 5 nitrogen and oxygen atoms in total. The van der Waals surface area contributed by atoms with Crippen LogP contribution >= 0.6 is 11.3 Å². The lowest BCUT2D eigenvalue weighted by Crippen LogP contribution is -2.26. The van der Waals surface area contributed by atoms with Crippen LogP contribution in [-0.4, -0.2) is 22.5 Å². The summed E-state index contributed by atoms with van der Waals surface area (Å²) in [6.45, 7) is 2.89. The average Bonchev–Trinajstić information content (AvgIpc) is 3.13. The van der Waals surface area contributed by atoms with Crippen molar-refractivity contribution in [2.24, 2.45) is 0 Å². The van der Waals surface area contributed by atoms with Gasteiger partial charge in [-0.25, -0.2) is 4.98 Å². The summed E-state index contributed by atoms with van der Waals surface area (Å²) in [7, 11) is 0. The first-order chi connectivity index (χ1) is 10.7. The molecule has 0 unspecified atom stereocenters. The van der Waals surface area contributed by atoms with Crippen LogP contribution in [0.15, 0.2) is 35.0 Å². The number of amides is 1. The third-order valence-electron chi connectivity index (χ3n) is 3.23. The Labute approximate surface area is 132 Å². The van der Waals surface area contributed by atoms with Gasteiger partial charge in [0.25, 0.3) is 0 Å². The summed E-state index contributed by atoms with van der Waals surface area (Å²) in [4.78, 5) is 19.3. The lowest BCUT2D eigenvalue weighted by Gasteiger charge is -2.04. The Balaban J connectivity index is 1.46. The largest absolute Gasteiger partial charge is 0.364 e. The number of nitrogens with one attached hydrogen (secondary N) is 2. The Morgan fingerprint density at radius 3 is 3.14 bits per heavy atom. The number of aromatic amines is 1. The zero-order valence-electron chi connectivity index (χ0n) is 12.3. The molecule has 2 heterocycles. The second-order valence-electron chi connectivity index (χ2n) is 5.11. The number of H-pyrrole nitrogens is 1. The maximum atomic E-state index is 11.7. The van der Waals surface area contributed by atoms with Gasteiger partial charge in [0.2, 0.25) is 5.91 Å². The number of imidazole rings is 1. The van der Waals surface area contributed by atoms with Crippen molar-refractivity contribution in [3.63, 3.8) is 0 Å². The molecule has 3 rings (SSSR count). The maximum Gasteiger partial charge on any atom is 0.246 e. The highest BCUT2D eigenvalue weighted by molar-refractivity contribution is 7.07. The quantitative estimate of drug-likeness (QED) is 0.735. The van der Waals surface area contributed by atoms with Crippen LogP contribution in [0, 0.1) is 6.92 Å². The number of rotatable bonds is 6. The fourth-order valence-corrected chi connectivity index (χ4v) is 2.80. The van der Waals surface area contributed by atoms with Crippen LogP contribution in [0.5, 0.6) is 0 Å². The summed E-state index contributed by atoms with van der Waals surface area (Å²) in [5, 5.41) is 6.82. The van der Waals surface area contributed by atoms with Crippen LogP contribution < -0.4 is 5.32 Å². The Bertz CT molecular complexity index is 765. The van der Waals surface area contributed by atoms with E-state index in [1.54, 1.807) is 11.3 Å². The lowest BCUT2D eigenvalue weighted by molar-refractivity contribution is -0.126. The average molecular weight is 315 g/mol. The molecule has 22 heavy (non-hydrogen) atoms. The number of benzene rings is 1. The minimum Gasteiger partial charge on any atom is -0.364 e. The summed E-state index contributed by atoms with van der Waals surface area (Å²) < 4.78 is 5.41. The molecular weight excluding hydrogens is 298 g/mol. The summed E-state index contributed by atoms with van der Waals surface area (Å²) in [6, 6.07) is 8.02. The standard InChI is InChI=1S/C16H17N3O2S/c1-11-2-3-13-14(6-11)19-15(18-13)8-21-9-16(20)17-7-12-4-5-22-10-12/h2-6,10H,7-9H2,1H3,(H,17,20)(H,18,19). The second-order valence-corrected chi connectivity index (χ2v) is 5.89. The molecule has 2 aromatic heterocycles. The van der Waals surface area contributed by atoms with Gasteiger partial charge < -0.3 is 15.0 Å². The van der Waals surface area contributed by atoms with Crippen molar-refractivity contribution in [3.05, 3.63) is 52.0 Å². The van der Waals surface area contributed by atoms with Crippen LogP contribution in [0.3, 0.4) is 0 Å². The SMILES string of the molecule is Cc1ccc2nc(COCC(=O)NCc3ccsc3)[nH]c2c1. The number of aromatic nitrogens is 2. The molecule has 0 saturated carbocycles. The van der Waals surface area contributed by atoms with E-state index in [4.69, 9.17) is 4.74 Å². The van der Waals surface area contributed by atoms with Gasteiger partial charge in [0.1, 0.15) is 19.0 Å². The monoisotopic (exact) mass is 315 g/mol. The number of thiophene rings is 1. The van der Waals surface area contributed by atoms with Gasteiger partial charge in [0, 0.05) is 6.54 Å². The van der Waals surface area contributed by atoms with E-state index in [0.717, 1.165) is 22.4 Å². The molecule has 1 amide bonds. The van der Waals surface area contributed by atoms with Crippen molar-refractivity contribution >= 4 is 28.3 Å². The van der Waals surface area contributed by atoms with E-state index in [-0.39, 0.29) is 12.5 Å². The van der Waals surface area contributed by atoms with Gasteiger partial charge in [0.15, 0.2) is 0 Å². The Morgan fingerprint density at radius 1 is 1.41 bits per heavy atom. The molecule has 0 fully saturated rings. The molecule has 2 N–H and O–H groups in total. The summed E-state index contributed by atoms with van der Waals surface area (Å²) in [5.41, 5.74) is 4.18. The topological polar surface area (TPSA) is 67.0 Å². The van der Waals surface area contributed by atoms with Crippen molar-refractivity contribution in [1.82, 2.24) is 15.3 Å². The minimum atomic E-state index is -0.127. The molecule has 0 spiro atoms. The fourth-order valence-electron chi connectivity index (χ4n) is 2.13. The van der Waals surface area contributed by atoms with Crippen molar-refractivity contribution in [1.29, 1.82) is 0 Å². The number of carbonyl (C=O) groups excluding carboxylic acids is 1. The molecule has 3 aromatic rings. The lowest BCUT2D eigenvalue weighted by atomic mass is 10.2. The van der Waals surface area contributed by atoms with E-state index in [1.807, 2.05) is 41.9 Å². The predicted octanol–water partition coefficient (Wildman–Crippen LogP) is 2.77. The van der Waals surface area contributed by atoms with Crippen LogP contribution in [-0.2, 0) is 22.7 Å². The Kier molecular flexibility index (Phi) is 4.50. The molecule has 0 saturated heterocycles. The number of fused-ring (bicyclic) bond motifs is 1. The van der Waals surface area contributed by atoms with E-state index in [2.05, 4.69) is 15.3 Å². The van der Waals surface area contributed by atoms with Crippen molar-refractivity contribution in [2.75, 3.05) is 6.61 Å². The number of nitrogens with zero attached hydrogens (tertiary/aromatic N) is 1. The second kappa shape index (κ2) is 6.72. The molecule has 0 radical (unpaired) electrons. The first-order valence-electron chi connectivity index (χ1n) is 7.01. The number of aryl methyl sites for hydroxylation is 1. The summed E-state index contributed by atoms with van der Waals surface area (Å²) in [5.74, 6) is 0.601. The smallest absolute Gasteiger partial charge is 0.246 e. The molecule has 1 aromatic carbocycles. The Hall–Kier alpha value is -2.18. The minimum absolute atomic E-state index is 0.0280. The van der Waals surface area contributed by atoms with E-state index in [9.17, 15) is 4.79 Å². The number of carbonyl (C=O) groups is 1. The van der Waals surface area contributed by atoms with E-state index in [1.165, 1.54) is 5.56 Å². The zero-order valence-corrected chi connectivity index (χ0v) is 13.1. The van der Waals surface area contributed by atoms with Gasteiger partial charge >= 0.3 is 0 Å². The first kappa shape index (κ1) is 14.7. The van der Waals surface area contributed by atoms with E-state index >= 15 is 0 Å². The van der Waals surface area contributed by atoms with E-state index in [0.29, 0.717) is 13.2 Å². The zero-order chi connectivity index (χ0) is 15.4. The molecular formula is C16H17N3O2S. The normalized spacial score (nSPS) is 11.0. The third kappa shape index (κ3) is 3.72. The number of ether oxygens (including phenoxy) is 1. The molecule has 6 heteroatoms. The Morgan fingerprint density at radius 2 is 2.32 bits per heavy atom. The summed E-state index contributed by atoms with van der Waals surface area (Å²) in [6.07, 6.45) is 0. The first-order valence-corrected chi connectivity index (χ1v) is 7.96. The number of hydrogen-bond acceptors (Lipinski definition) is 4. The van der Waals surface area contributed by atoms with Gasteiger partial charge in [-0.2, -0.15) is 11.3 Å². The molecule has 0 aliphatic rings. The van der Waals surface area contributed by atoms with Gasteiger partial charge in [-0.15, -0.1) is 0 Å². The van der Waals surface area contributed by atoms with Gasteiger partial charge in [-0.1, -0.05) is 6.07 Å². The molecule has 0 bridgehead atoms. The molecule has 0 aliphatic carbocycles. The summed E-state index contributed by atoms with van der Waals surface area (Å²) >= 11 is 1.61. The van der Waals surface area contributed by atoms with Crippen molar-refractivity contribution in [2.45, 2.75) is 20.1 Å². The molecule has 114 valence electrons. The van der Waals surface area contributed by atoms with Gasteiger partial charge in [-0.3, -0.25) is 4.79 Å². The van der Waals surface area contributed by atoms with E-state index < -0.39 is 0 Å². The highest BCUT2D eigenvalue weighted by Crippen LogP contribution is 2.13. The fraction of sp³-hybridized carbons (Fsp3) is 0.250. The van der Waals surface area contributed by atoms with Crippen LogP contribution in [0.25, 0.3) is 11.0 Å². The molecule has 0 aliphatic heterocycles. The third-order valence-corrected chi connectivity index (χ3v) is 3.96. The predicted molar refractivity (Wildman–Crippen MR) is 86.7 cm³/mol. The number of hydrogen-bond donors (Lipinski definition) is 2. The maximum absolute atomic E-state index is 11.7. The molecule has 0 atom stereocenters. The van der Waals surface area contributed by atoms with Crippen molar-refractivity contribution < 1.29 is 9.53 Å². The van der Waals surface area contributed by atoms with Crippen LogP contribution in [0.4, 0.5) is 0 Å². The highest BCUT2D eigenvalue weighted by atomic mass is 32.1. The van der Waals surface area contributed by atoms with Crippen molar-refractivity contribution in [3.8, 4) is 0 Å². The van der Waals surface area contributed by atoms with Crippen LogP contribution in [0.2, 0.25) is 0 Å². The highest BCUT2D eigenvalue weighted by Gasteiger charge is 2.05. The van der Waals surface area contributed by atoms with Gasteiger partial charge in [-0.05, 0) is 47.0 Å².